The molecule has 1 aromatic carbocycles. The Morgan fingerprint density at radius 2 is 2.12 bits per heavy atom. The number of thiophene rings is 1. The molecule has 3 heteroatoms. The van der Waals surface area contributed by atoms with Gasteiger partial charge in [-0.25, -0.2) is 0 Å². The average molecular weight is 240 g/mol. The lowest BCUT2D eigenvalue weighted by Crippen LogP contribution is -2.00. The second kappa shape index (κ2) is 3.61. The summed E-state index contributed by atoms with van der Waals surface area (Å²) in [7, 11) is 0. The molecule has 0 fully saturated rings. The fourth-order valence-corrected chi connectivity index (χ4v) is 3.04. The summed E-state index contributed by atoms with van der Waals surface area (Å²) >= 11 is 1.74. The molecule has 84 valence electrons. The SMILES string of the molecule is CC(C)n1cc2cc3sccc3cc2c1C#N. The molecule has 2 heterocycles. The van der Waals surface area contributed by atoms with Crippen LogP contribution in [0, 0.1) is 11.3 Å². The molecule has 0 saturated carbocycles. The van der Waals surface area contributed by atoms with Gasteiger partial charge < -0.3 is 4.57 Å². The van der Waals surface area contributed by atoms with E-state index in [2.05, 4.69) is 49.7 Å². The van der Waals surface area contributed by atoms with E-state index in [0.717, 1.165) is 16.5 Å². The summed E-state index contributed by atoms with van der Waals surface area (Å²) in [6, 6.07) is 9.04. The van der Waals surface area contributed by atoms with Gasteiger partial charge in [-0.15, -0.1) is 11.3 Å². The van der Waals surface area contributed by atoms with Crippen LogP contribution in [0.2, 0.25) is 0 Å². The van der Waals surface area contributed by atoms with Crippen LogP contribution in [0.3, 0.4) is 0 Å². The highest BCUT2D eigenvalue weighted by Gasteiger charge is 2.12. The lowest BCUT2D eigenvalue weighted by Gasteiger charge is -2.07. The minimum atomic E-state index is 0.315. The highest BCUT2D eigenvalue weighted by atomic mass is 32.1. The number of hydrogen-bond donors (Lipinski definition) is 0. The summed E-state index contributed by atoms with van der Waals surface area (Å²) in [6.07, 6.45) is 2.08. The van der Waals surface area contributed by atoms with E-state index in [1.54, 1.807) is 11.3 Å². The standard InChI is InChI=1S/C14H12N2S/c1-9(2)16-8-11-6-14-10(3-4-17-14)5-12(11)13(16)7-15/h3-6,8-9H,1-2H3. The normalized spacial score (nSPS) is 11.4. The lowest BCUT2D eigenvalue weighted by molar-refractivity contribution is 0.600. The van der Waals surface area contributed by atoms with Crippen molar-refractivity contribution in [2.24, 2.45) is 0 Å². The Kier molecular flexibility index (Phi) is 2.20. The van der Waals surface area contributed by atoms with Gasteiger partial charge in [-0.05, 0) is 42.8 Å². The predicted octanol–water partition coefficient (Wildman–Crippen LogP) is 4.31. The second-order valence-corrected chi connectivity index (χ2v) is 5.44. The lowest BCUT2D eigenvalue weighted by atomic mass is 10.1. The number of nitriles is 1. The maximum Gasteiger partial charge on any atom is 0.128 e. The smallest absolute Gasteiger partial charge is 0.128 e. The van der Waals surface area contributed by atoms with Crippen LogP contribution in [0.4, 0.5) is 0 Å². The fraction of sp³-hybridized carbons (Fsp3) is 0.214. The molecule has 0 aliphatic heterocycles. The van der Waals surface area contributed by atoms with Gasteiger partial charge in [0.05, 0.1) is 0 Å². The molecule has 17 heavy (non-hydrogen) atoms. The number of hydrogen-bond acceptors (Lipinski definition) is 2. The first-order chi connectivity index (χ1) is 8.20. The van der Waals surface area contributed by atoms with Crippen LogP contribution in [0.5, 0.6) is 0 Å². The van der Waals surface area contributed by atoms with E-state index in [1.165, 1.54) is 10.1 Å². The highest BCUT2D eigenvalue weighted by Crippen LogP contribution is 2.31. The first-order valence-electron chi connectivity index (χ1n) is 5.62. The summed E-state index contributed by atoms with van der Waals surface area (Å²) in [6.45, 7) is 4.20. The number of aromatic nitrogens is 1. The largest absolute Gasteiger partial charge is 0.336 e. The van der Waals surface area contributed by atoms with Gasteiger partial charge in [0.1, 0.15) is 11.8 Å². The molecular formula is C14H12N2S. The maximum atomic E-state index is 9.31. The molecule has 3 rings (SSSR count). The van der Waals surface area contributed by atoms with E-state index < -0.39 is 0 Å². The quantitative estimate of drug-likeness (QED) is 0.623. The van der Waals surface area contributed by atoms with Crippen LogP contribution < -0.4 is 0 Å². The maximum absolute atomic E-state index is 9.31. The molecule has 0 atom stereocenters. The molecule has 0 unspecified atom stereocenters. The van der Waals surface area contributed by atoms with Crippen molar-refractivity contribution in [3.8, 4) is 6.07 Å². The number of rotatable bonds is 1. The molecular weight excluding hydrogens is 228 g/mol. The topological polar surface area (TPSA) is 28.7 Å². The third-order valence-corrected chi connectivity index (χ3v) is 3.96. The molecule has 0 aliphatic carbocycles. The van der Waals surface area contributed by atoms with Crippen LogP contribution in [0.25, 0.3) is 20.9 Å². The predicted molar refractivity (Wildman–Crippen MR) is 72.4 cm³/mol. The summed E-state index contributed by atoms with van der Waals surface area (Å²) in [5.74, 6) is 0. The minimum Gasteiger partial charge on any atom is -0.336 e. The molecule has 0 aliphatic rings. The van der Waals surface area contributed by atoms with Gasteiger partial charge in [0.15, 0.2) is 0 Å². The van der Waals surface area contributed by atoms with E-state index >= 15 is 0 Å². The first-order valence-corrected chi connectivity index (χ1v) is 6.50. The summed E-state index contributed by atoms with van der Waals surface area (Å²) < 4.78 is 3.33. The van der Waals surface area contributed by atoms with Crippen LogP contribution in [-0.4, -0.2) is 4.57 Å². The fourth-order valence-electron chi connectivity index (χ4n) is 2.22. The number of nitrogens with zero attached hydrogens (tertiary/aromatic N) is 2. The van der Waals surface area contributed by atoms with Crippen molar-refractivity contribution in [3.05, 3.63) is 35.5 Å². The third kappa shape index (κ3) is 1.45. The van der Waals surface area contributed by atoms with Gasteiger partial charge in [-0.2, -0.15) is 5.26 Å². The van der Waals surface area contributed by atoms with Gasteiger partial charge in [-0.1, -0.05) is 0 Å². The zero-order valence-electron chi connectivity index (χ0n) is 9.77. The summed E-state index contributed by atoms with van der Waals surface area (Å²) in [5, 5.41) is 14.8. The second-order valence-electron chi connectivity index (χ2n) is 4.49. The Bertz CT molecular complexity index is 741. The van der Waals surface area contributed by atoms with Crippen molar-refractivity contribution in [1.82, 2.24) is 4.57 Å². The van der Waals surface area contributed by atoms with E-state index in [0.29, 0.717) is 6.04 Å². The molecule has 0 N–H and O–H groups in total. The Morgan fingerprint density at radius 3 is 2.82 bits per heavy atom. The van der Waals surface area contributed by atoms with E-state index in [9.17, 15) is 5.26 Å². The molecule has 2 nitrogen and oxygen atoms in total. The van der Waals surface area contributed by atoms with Crippen molar-refractivity contribution in [1.29, 1.82) is 5.26 Å². The molecule has 0 radical (unpaired) electrons. The van der Waals surface area contributed by atoms with Crippen LogP contribution in [-0.2, 0) is 0 Å². The molecule has 0 spiro atoms. The minimum absolute atomic E-state index is 0.315. The molecule has 2 aromatic heterocycles. The molecule has 0 bridgehead atoms. The van der Waals surface area contributed by atoms with Gasteiger partial charge in [0.25, 0.3) is 0 Å². The van der Waals surface area contributed by atoms with Gasteiger partial charge >= 0.3 is 0 Å². The van der Waals surface area contributed by atoms with Crippen molar-refractivity contribution in [2.75, 3.05) is 0 Å². The third-order valence-electron chi connectivity index (χ3n) is 3.08. The van der Waals surface area contributed by atoms with Crippen molar-refractivity contribution in [2.45, 2.75) is 19.9 Å². The zero-order valence-corrected chi connectivity index (χ0v) is 10.6. The molecule has 3 aromatic rings. The first kappa shape index (κ1) is 10.4. The monoisotopic (exact) mass is 240 g/mol. The summed E-state index contributed by atoms with van der Waals surface area (Å²) in [4.78, 5) is 0. The average Bonchev–Trinajstić information content (AvgIpc) is 2.87. The highest BCUT2D eigenvalue weighted by molar-refractivity contribution is 7.17. The van der Waals surface area contributed by atoms with E-state index in [-0.39, 0.29) is 0 Å². The number of fused-ring (bicyclic) bond motifs is 2. The van der Waals surface area contributed by atoms with Crippen LogP contribution in [0.1, 0.15) is 25.6 Å². The van der Waals surface area contributed by atoms with Gasteiger partial charge in [-0.3, -0.25) is 0 Å². The van der Waals surface area contributed by atoms with Gasteiger partial charge in [0, 0.05) is 27.7 Å². The Labute approximate surface area is 104 Å². The molecule has 0 saturated heterocycles. The number of benzene rings is 1. The molecule has 0 amide bonds. The van der Waals surface area contributed by atoms with E-state index in [4.69, 9.17) is 0 Å². The van der Waals surface area contributed by atoms with Crippen molar-refractivity contribution in [3.63, 3.8) is 0 Å². The van der Waals surface area contributed by atoms with Gasteiger partial charge in [0.2, 0.25) is 0 Å². The zero-order chi connectivity index (χ0) is 12.0. The van der Waals surface area contributed by atoms with Crippen molar-refractivity contribution >= 4 is 32.2 Å². The Morgan fingerprint density at radius 1 is 1.29 bits per heavy atom. The van der Waals surface area contributed by atoms with Crippen LogP contribution in [0.15, 0.2) is 29.8 Å². The summed E-state index contributed by atoms with van der Waals surface area (Å²) in [5.41, 5.74) is 0.767. The van der Waals surface area contributed by atoms with E-state index in [1.807, 2.05) is 4.57 Å². The Hall–Kier alpha value is -1.79. The van der Waals surface area contributed by atoms with Crippen molar-refractivity contribution < 1.29 is 0 Å². The Balaban J connectivity index is 2.44. The van der Waals surface area contributed by atoms with Crippen LogP contribution >= 0.6 is 11.3 Å².